The van der Waals surface area contributed by atoms with Gasteiger partial charge in [0.05, 0.1) is 6.54 Å². The van der Waals surface area contributed by atoms with E-state index >= 15 is 0 Å². The number of piperazine rings is 1. The Hall–Kier alpha value is -1.55. The fourth-order valence-corrected chi connectivity index (χ4v) is 2.60. The zero-order chi connectivity index (χ0) is 13.8. The average molecular weight is 262 g/mol. The highest BCUT2D eigenvalue weighted by molar-refractivity contribution is 5.69. The van der Waals surface area contributed by atoms with E-state index in [1.807, 2.05) is 4.90 Å². The van der Waals surface area contributed by atoms with Crippen LogP contribution in [-0.2, 0) is 4.79 Å². The molecule has 1 saturated heterocycles. The SMILES string of the molecule is CC(C)c1ccccc1N1CCN(CC(=O)O)CC1. The van der Waals surface area contributed by atoms with Gasteiger partial charge in [-0.15, -0.1) is 0 Å². The van der Waals surface area contributed by atoms with Crippen molar-refractivity contribution in [2.24, 2.45) is 0 Å². The lowest BCUT2D eigenvalue weighted by atomic mass is 10.00. The third-order valence-electron chi connectivity index (χ3n) is 3.63. The van der Waals surface area contributed by atoms with Crippen molar-refractivity contribution in [1.29, 1.82) is 0 Å². The molecule has 1 N–H and O–H groups in total. The maximum absolute atomic E-state index is 10.7. The minimum atomic E-state index is -0.740. The predicted molar refractivity (Wildman–Crippen MR) is 76.8 cm³/mol. The number of carboxylic acids is 1. The van der Waals surface area contributed by atoms with E-state index in [0.717, 1.165) is 26.2 Å². The molecule has 0 unspecified atom stereocenters. The number of rotatable bonds is 4. The van der Waals surface area contributed by atoms with Crippen molar-refractivity contribution < 1.29 is 9.90 Å². The van der Waals surface area contributed by atoms with Crippen LogP contribution in [0.2, 0.25) is 0 Å². The van der Waals surface area contributed by atoms with Crippen molar-refractivity contribution in [2.75, 3.05) is 37.6 Å². The summed E-state index contributed by atoms with van der Waals surface area (Å²) in [5, 5.41) is 8.81. The van der Waals surface area contributed by atoms with Crippen molar-refractivity contribution in [3.8, 4) is 0 Å². The summed E-state index contributed by atoms with van der Waals surface area (Å²) in [7, 11) is 0. The van der Waals surface area contributed by atoms with Crippen molar-refractivity contribution >= 4 is 11.7 Å². The van der Waals surface area contributed by atoms with Crippen LogP contribution in [0, 0.1) is 0 Å². The molecular weight excluding hydrogens is 240 g/mol. The van der Waals surface area contributed by atoms with E-state index in [1.165, 1.54) is 11.3 Å². The van der Waals surface area contributed by atoms with Crippen LogP contribution < -0.4 is 4.90 Å². The Kier molecular flexibility index (Phi) is 4.43. The minimum Gasteiger partial charge on any atom is -0.480 e. The summed E-state index contributed by atoms with van der Waals surface area (Å²) in [6, 6.07) is 8.51. The third-order valence-corrected chi connectivity index (χ3v) is 3.63. The molecule has 1 heterocycles. The molecule has 19 heavy (non-hydrogen) atoms. The Morgan fingerprint density at radius 3 is 2.42 bits per heavy atom. The second kappa shape index (κ2) is 6.06. The molecule has 0 aromatic heterocycles. The fourth-order valence-electron chi connectivity index (χ4n) is 2.60. The van der Waals surface area contributed by atoms with Crippen LogP contribution >= 0.6 is 0 Å². The predicted octanol–water partition coefficient (Wildman–Crippen LogP) is 2.02. The van der Waals surface area contributed by atoms with Gasteiger partial charge in [-0.2, -0.15) is 0 Å². The second-order valence-corrected chi connectivity index (χ2v) is 5.37. The van der Waals surface area contributed by atoms with Gasteiger partial charge in [-0.1, -0.05) is 32.0 Å². The second-order valence-electron chi connectivity index (χ2n) is 5.37. The van der Waals surface area contributed by atoms with E-state index in [4.69, 9.17) is 5.11 Å². The highest BCUT2D eigenvalue weighted by Gasteiger charge is 2.20. The van der Waals surface area contributed by atoms with Gasteiger partial charge in [-0.3, -0.25) is 9.69 Å². The largest absolute Gasteiger partial charge is 0.480 e. The molecule has 0 spiro atoms. The van der Waals surface area contributed by atoms with Crippen molar-refractivity contribution in [3.05, 3.63) is 29.8 Å². The first kappa shape index (κ1) is 13.9. The standard InChI is InChI=1S/C15H22N2O2/c1-12(2)13-5-3-4-6-14(13)17-9-7-16(8-10-17)11-15(18)19/h3-6,12H,7-11H2,1-2H3,(H,18,19). The highest BCUT2D eigenvalue weighted by atomic mass is 16.4. The Bertz CT molecular complexity index is 438. The molecule has 0 atom stereocenters. The number of anilines is 1. The summed E-state index contributed by atoms with van der Waals surface area (Å²) < 4.78 is 0. The van der Waals surface area contributed by atoms with E-state index in [2.05, 4.69) is 43.0 Å². The van der Waals surface area contributed by atoms with Crippen LogP contribution in [0.3, 0.4) is 0 Å². The van der Waals surface area contributed by atoms with Gasteiger partial charge in [0.2, 0.25) is 0 Å². The van der Waals surface area contributed by atoms with E-state index < -0.39 is 5.97 Å². The number of benzene rings is 1. The van der Waals surface area contributed by atoms with Crippen LogP contribution in [0.5, 0.6) is 0 Å². The van der Waals surface area contributed by atoms with Crippen LogP contribution in [0.4, 0.5) is 5.69 Å². The highest BCUT2D eigenvalue weighted by Crippen LogP contribution is 2.27. The molecule has 0 amide bonds. The van der Waals surface area contributed by atoms with Crippen molar-refractivity contribution in [1.82, 2.24) is 4.90 Å². The topological polar surface area (TPSA) is 43.8 Å². The van der Waals surface area contributed by atoms with Gasteiger partial charge in [0, 0.05) is 31.9 Å². The Morgan fingerprint density at radius 1 is 1.21 bits per heavy atom. The monoisotopic (exact) mass is 262 g/mol. The number of nitrogens with zero attached hydrogens (tertiary/aromatic N) is 2. The normalized spacial score (nSPS) is 16.9. The van der Waals surface area contributed by atoms with Gasteiger partial charge in [0.1, 0.15) is 0 Å². The van der Waals surface area contributed by atoms with Crippen molar-refractivity contribution in [2.45, 2.75) is 19.8 Å². The first-order valence-corrected chi connectivity index (χ1v) is 6.86. The van der Waals surface area contributed by atoms with Gasteiger partial charge in [-0.05, 0) is 17.5 Å². The summed E-state index contributed by atoms with van der Waals surface area (Å²) >= 11 is 0. The number of para-hydroxylation sites is 1. The van der Waals surface area contributed by atoms with Crippen molar-refractivity contribution in [3.63, 3.8) is 0 Å². The summed E-state index contributed by atoms with van der Waals surface area (Å²) in [6.45, 7) is 8.00. The molecule has 1 fully saturated rings. The van der Waals surface area contributed by atoms with Crippen LogP contribution in [0.1, 0.15) is 25.3 Å². The molecule has 4 heteroatoms. The summed E-state index contributed by atoms with van der Waals surface area (Å²) in [5.41, 5.74) is 2.67. The lowest BCUT2D eigenvalue weighted by Gasteiger charge is -2.36. The lowest BCUT2D eigenvalue weighted by molar-refractivity contribution is -0.138. The molecule has 1 aromatic carbocycles. The molecule has 104 valence electrons. The molecule has 1 aliphatic heterocycles. The number of hydrogen-bond acceptors (Lipinski definition) is 3. The molecule has 0 bridgehead atoms. The molecule has 4 nitrogen and oxygen atoms in total. The fraction of sp³-hybridized carbons (Fsp3) is 0.533. The molecule has 1 aromatic rings. The van der Waals surface area contributed by atoms with E-state index in [0.29, 0.717) is 5.92 Å². The first-order valence-electron chi connectivity index (χ1n) is 6.86. The van der Waals surface area contributed by atoms with Gasteiger partial charge in [0.25, 0.3) is 0 Å². The third kappa shape index (κ3) is 3.47. The van der Waals surface area contributed by atoms with Crippen LogP contribution in [-0.4, -0.2) is 48.7 Å². The lowest BCUT2D eigenvalue weighted by Crippen LogP contribution is -2.48. The average Bonchev–Trinajstić information content (AvgIpc) is 2.39. The molecule has 0 radical (unpaired) electrons. The maximum atomic E-state index is 10.7. The first-order chi connectivity index (χ1) is 9.08. The minimum absolute atomic E-state index is 0.152. The summed E-state index contributed by atoms with van der Waals surface area (Å²) in [5.74, 6) is -0.232. The smallest absolute Gasteiger partial charge is 0.317 e. The van der Waals surface area contributed by atoms with Crippen LogP contribution in [0.15, 0.2) is 24.3 Å². The zero-order valence-corrected chi connectivity index (χ0v) is 11.7. The number of carbonyl (C=O) groups is 1. The Labute approximate surface area is 114 Å². The molecule has 0 aliphatic carbocycles. The number of hydrogen-bond donors (Lipinski definition) is 1. The molecule has 2 rings (SSSR count). The van der Waals surface area contributed by atoms with Gasteiger partial charge in [0.15, 0.2) is 0 Å². The van der Waals surface area contributed by atoms with Crippen LogP contribution in [0.25, 0.3) is 0 Å². The zero-order valence-electron chi connectivity index (χ0n) is 11.7. The number of carboxylic acid groups (broad SMARTS) is 1. The van der Waals surface area contributed by atoms with Gasteiger partial charge < -0.3 is 10.0 Å². The van der Waals surface area contributed by atoms with Gasteiger partial charge >= 0.3 is 5.97 Å². The quantitative estimate of drug-likeness (QED) is 0.901. The maximum Gasteiger partial charge on any atom is 0.317 e. The van der Waals surface area contributed by atoms with E-state index in [1.54, 1.807) is 0 Å². The summed E-state index contributed by atoms with van der Waals surface area (Å²) in [4.78, 5) is 15.1. The molecular formula is C15H22N2O2. The Morgan fingerprint density at radius 2 is 1.84 bits per heavy atom. The van der Waals surface area contributed by atoms with E-state index in [-0.39, 0.29) is 6.54 Å². The van der Waals surface area contributed by atoms with Gasteiger partial charge in [-0.25, -0.2) is 0 Å². The van der Waals surface area contributed by atoms with E-state index in [9.17, 15) is 4.79 Å². The summed E-state index contributed by atoms with van der Waals surface area (Å²) in [6.07, 6.45) is 0. The molecule has 1 aliphatic rings. The molecule has 0 saturated carbocycles. The Balaban J connectivity index is 2.03. The number of aliphatic carboxylic acids is 1.